The highest BCUT2D eigenvalue weighted by atomic mass is 16.5. The molecule has 0 aliphatic carbocycles. The molecule has 0 spiro atoms. The maximum Gasteiger partial charge on any atom is 0.325 e. The van der Waals surface area contributed by atoms with Crippen LogP contribution in [0.2, 0.25) is 0 Å². The van der Waals surface area contributed by atoms with E-state index in [-0.39, 0.29) is 23.9 Å². The Labute approximate surface area is 149 Å². The van der Waals surface area contributed by atoms with Gasteiger partial charge in [0.2, 0.25) is 5.91 Å². The summed E-state index contributed by atoms with van der Waals surface area (Å²) in [5.41, 5.74) is 0.0759. The molecule has 1 amide bonds. The molecule has 1 fully saturated rings. The Morgan fingerprint density at radius 3 is 2.85 bits per heavy atom. The van der Waals surface area contributed by atoms with Gasteiger partial charge in [0, 0.05) is 43.8 Å². The van der Waals surface area contributed by atoms with E-state index in [0.717, 1.165) is 18.7 Å². The lowest BCUT2D eigenvalue weighted by Crippen LogP contribution is -2.44. The Morgan fingerprint density at radius 1 is 1.35 bits per heavy atom. The molecule has 3 rings (SSSR count). The largest absolute Gasteiger partial charge is 0.379 e. The highest BCUT2D eigenvalue weighted by Crippen LogP contribution is 2.20. The van der Waals surface area contributed by atoms with Gasteiger partial charge < -0.3 is 15.0 Å². The number of H-pyrrole nitrogens is 2. The Kier molecular flexibility index (Phi) is 5.92. The zero-order valence-corrected chi connectivity index (χ0v) is 14.2. The third-order valence-corrected chi connectivity index (χ3v) is 4.30. The van der Waals surface area contributed by atoms with Crippen molar-refractivity contribution in [2.24, 2.45) is 0 Å². The molecule has 2 aromatic heterocycles. The number of morpholine rings is 1. The second kappa shape index (κ2) is 8.54. The third kappa shape index (κ3) is 4.64. The number of nitrogens with zero attached hydrogens (tertiary/aromatic N) is 2. The molecule has 1 saturated heterocycles. The van der Waals surface area contributed by atoms with Gasteiger partial charge in [0.15, 0.2) is 0 Å². The summed E-state index contributed by atoms with van der Waals surface area (Å²) in [5.74, 6) is -0.287. The van der Waals surface area contributed by atoms with Gasteiger partial charge in [-0.05, 0) is 11.6 Å². The van der Waals surface area contributed by atoms with Crippen molar-refractivity contribution in [1.29, 1.82) is 0 Å². The number of aromatic amines is 2. The normalized spacial score (nSPS) is 16.2. The summed E-state index contributed by atoms with van der Waals surface area (Å²) in [6.07, 6.45) is 4.66. The number of ether oxygens (including phenoxy) is 1. The molecular formula is C17H21N5O4. The molecule has 2 aromatic rings. The lowest BCUT2D eigenvalue weighted by molar-refractivity contribution is -0.120. The second-order valence-corrected chi connectivity index (χ2v) is 6.03. The SMILES string of the molecule is O=C(Cc1c[nH]c(=O)[nH]c1=O)NCC(c1cccnc1)N1CCOCC1. The number of hydrogen-bond acceptors (Lipinski definition) is 6. The van der Waals surface area contributed by atoms with E-state index in [2.05, 4.69) is 25.2 Å². The van der Waals surface area contributed by atoms with Crippen molar-refractivity contribution in [3.8, 4) is 0 Å². The Hall–Kier alpha value is -2.78. The predicted molar refractivity (Wildman–Crippen MR) is 93.8 cm³/mol. The van der Waals surface area contributed by atoms with Gasteiger partial charge in [0.1, 0.15) is 0 Å². The molecule has 1 unspecified atom stereocenters. The van der Waals surface area contributed by atoms with E-state index in [9.17, 15) is 14.4 Å². The van der Waals surface area contributed by atoms with E-state index >= 15 is 0 Å². The average molecular weight is 359 g/mol. The van der Waals surface area contributed by atoms with Crippen LogP contribution in [0.15, 0.2) is 40.3 Å². The van der Waals surface area contributed by atoms with Crippen molar-refractivity contribution in [2.75, 3.05) is 32.8 Å². The summed E-state index contributed by atoms with van der Waals surface area (Å²) in [4.78, 5) is 45.9. The quantitative estimate of drug-likeness (QED) is 0.620. The molecule has 3 N–H and O–H groups in total. The molecular weight excluding hydrogens is 338 g/mol. The molecule has 0 saturated carbocycles. The maximum atomic E-state index is 12.3. The first-order chi connectivity index (χ1) is 12.6. The van der Waals surface area contributed by atoms with Gasteiger partial charge >= 0.3 is 5.69 Å². The molecule has 0 radical (unpaired) electrons. The highest BCUT2D eigenvalue weighted by molar-refractivity contribution is 5.78. The molecule has 0 aromatic carbocycles. The standard InChI is InChI=1S/C17H21N5O4/c23-15(8-13-10-20-17(25)21-16(13)24)19-11-14(12-2-1-3-18-9-12)22-4-6-26-7-5-22/h1-3,9-10,14H,4-8,11H2,(H,19,23)(H2,20,21,24,25). The molecule has 1 atom stereocenters. The van der Waals surface area contributed by atoms with E-state index in [1.54, 1.807) is 12.4 Å². The van der Waals surface area contributed by atoms with Crippen LogP contribution in [0.4, 0.5) is 0 Å². The maximum absolute atomic E-state index is 12.3. The van der Waals surface area contributed by atoms with Crippen molar-refractivity contribution in [2.45, 2.75) is 12.5 Å². The van der Waals surface area contributed by atoms with E-state index in [1.807, 2.05) is 12.1 Å². The van der Waals surface area contributed by atoms with E-state index in [1.165, 1.54) is 6.20 Å². The number of amides is 1. The zero-order valence-electron chi connectivity index (χ0n) is 14.2. The minimum absolute atomic E-state index is 0.0228. The van der Waals surface area contributed by atoms with Gasteiger partial charge in [-0.2, -0.15) is 0 Å². The number of hydrogen-bond donors (Lipinski definition) is 3. The minimum atomic E-state index is -0.594. The van der Waals surface area contributed by atoms with Crippen molar-refractivity contribution in [3.05, 3.63) is 62.7 Å². The Bertz CT molecular complexity index is 842. The smallest absolute Gasteiger partial charge is 0.325 e. The molecule has 1 aliphatic rings. The summed E-state index contributed by atoms with van der Waals surface area (Å²) in [7, 11) is 0. The molecule has 1 aliphatic heterocycles. The van der Waals surface area contributed by atoms with Crippen LogP contribution in [0.25, 0.3) is 0 Å². The first-order valence-electron chi connectivity index (χ1n) is 8.43. The highest BCUT2D eigenvalue weighted by Gasteiger charge is 2.23. The number of rotatable bonds is 6. The Morgan fingerprint density at radius 2 is 2.15 bits per heavy atom. The van der Waals surface area contributed by atoms with Gasteiger partial charge in [-0.3, -0.25) is 24.5 Å². The molecule has 9 nitrogen and oxygen atoms in total. The van der Waals surface area contributed by atoms with E-state index in [4.69, 9.17) is 4.74 Å². The van der Waals surface area contributed by atoms with Crippen molar-refractivity contribution in [1.82, 2.24) is 25.2 Å². The molecule has 138 valence electrons. The fraction of sp³-hybridized carbons (Fsp3) is 0.412. The molecule has 26 heavy (non-hydrogen) atoms. The lowest BCUT2D eigenvalue weighted by atomic mass is 10.1. The van der Waals surface area contributed by atoms with Crippen LogP contribution in [-0.4, -0.2) is 58.6 Å². The average Bonchev–Trinajstić information content (AvgIpc) is 2.66. The van der Waals surface area contributed by atoms with Crippen molar-refractivity contribution < 1.29 is 9.53 Å². The van der Waals surface area contributed by atoms with Crippen molar-refractivity contribution >= 4 is 5.91 Å². The monoisotopic (exact) mass is 359 g/mol. The number of nitrogens with one attached hydrogen (secondary N) is 3. The van der Waals surface area contributed by atoms with Gasteiger partial charge in [-0.15, -0.1) is 0 Å². The zero-order chi connectivity index (χ0) is 18.4. The van der Waals surface area contributed by atoms with Crippen LogP contribution in [0.1, 0.15) is 17.2 Å². The lowest BCUT2D eigenvalue weighted by Gasteiger charge is -2.34. The van der Waals surface area contributed by atoms with E-state index < -0.39 is 11.2 Å². The van der Waals surface area contributed by atoms with Crippen LogP contribution >= 0.6 is 0 Å². The van der Waals surface area contributed by atoms with Crippen LogP contribution in [-0.2, 0) is 16.0 Å². The van der Waals surface area contributed by atoms with Gasteiger partial charge in [0.25, 0.3) is 5.56 Å². The first kappa shape index (κ1) is 18.0. The van der Waals surface area contributed by atoms with Crippen LogP contribution in [0, 0.1) is 0 Å². The molecule has 0 bridgehead atoms. The van der Waals surface area contributed by atoms with E-state index in [0.29, 0.717) is 19.8 Å². The van der Waals surface area contributed by atoms with Crippen molar-refractivity contribution in [3.63, 3.8) is 0 Å². The first-order valence-corrected chi connectivity index (χ1v) is 8.43. The predicted octanol–water partition coefficient (Wildman–Crippen LogP) is -0.810. The van der Waals surface area contributed by atoms with Gasteiger partial charge in [0.05, 0.1) is 25.7 Å². The summed E-state index contributed by atoms with van der Waals surface area (Å²) in [6.45, 7) is 3.24. The summed E-state index contributed by atoms with van der Waals surface area (Å²) < 4.78 is 5.40. The fourth-order valence-corrected chi connectivity index (χ4v) is 2.93. The number of aromatic nitrogens is 3. The van der Waals surface area contributed by atoms with Gasteiger partial charge in [-0.25, -0.2) is 4.79 Å². The van der Waals surface area contributed by atoms with Crippen LogP contribution in [0.5, 0.6) is 0 Å². The Balaban J connectivity index is 1.66. The fourth-order valence-electron chi connectivity index (χ4n) is 2.93. The topological polar surface area (TPSA) is 120 Å². The van der Waals surface area contributed by atoms with Gasteiger partial charge in [-0.1, -0.05) is 6.07 Å². The number of carbonyl (C=O) groups excluding carboxylic acids is 1. The minimum Gasteiger partial charge on any atom is -0.379 e. The molecule has 3 heterocycles. The second-order valence-electron chi connectivity index (χ2n) is 6.03. The third-order valence-electron chi connectivity index (χ3n) is 4.30. The summed E-state index contributed by atoms with van der Waals surface area (Å²) in [6, 6.07) is 3.82. The number of pyridine rings is 1. The summed E-state index contributed by atoms with van der Waals surface area (Å²) >= 11 is 0. The molecule has 9 heteroatoms. The number of carbonyl (C=O) groups is 1. The van der Waals surface area contributed by atoms with Crippen LogP contribution < -0.4 is 16.6 Å². The summed E-state index contributed by atoms with van der Waals surface area (Å²) in [5, 5.41) is 2.87. The van der Waals surface area contributed by atoms with Crippen LogP contribution in [0.3, 0.4) is 0 Å².